The number of amides is 3. The van der Waals surface area contributed by atoms with E-state index >= 15 is 0 Å². The zero-order valence-electron chi connectivity index (χ0n) is 16.1. The molecule has 0 saturated carbocycles. The summed E-state index contributed by atoms with van der Waals surface area (Å²) < 4.78 is 67.7. The summed E-state index contributed by atoms with van der Waals surface area (Å²) in [6, 6.07) is -1.86. The molecule has 13 heteroatoms. The average molecular weight is 439 g/mol. The predicted octanol–water partition coefficient (Wildman–Crippen LogP) is 1.12. The van der Waals surface area contributed by atoms with Crippen molar-refractivity contribution in [2.24, 2.45) is 7.05 Å². The minimum absolute atomic E-state index is 0.154. The van der Waals surface area contributed by atoms with E-state index in [4.69, 9.17) is 0 Å². The van der Waals surface area contributed by atoms with Crippen molar-refractivity contribution in [2.45, 2.75) is 56.3 Å². The van der Waals surface area contributed by atoms with Crippen molar-refractivity contribution in [1.82, 2.24) is 25.7 Å². The van der Waals surface area contributed by atoms with Crippen LogP contribution < -0.4 is 16.0 Å². The third-order valence-electron chi connectivity index (χ3n) is 4.51. The fraction of sp³-hybridized carbons (Fsp3) is 0.647. The maximum absolute atomic E-state index is 14.1. The summed E-state index contributed by atoms with van der Waals surface area (Å²) in [6.45, 7) is -0.833. The molecule has 1 saturated heterocycles. The molecule has 0 aromatic carbocycles. The molecule has 1 aromatic rings. The van der Waals surface area contributed by atoms with Gasteiger partial charge in [0.15, 0.2) is 0 Å². The number of rotatable bonds is 9. The zero-order valence-corrected chi connectivity index (χ0v) is 16.1. The molecule has 0 bridgehead atoms. The van der Waals surface area contributed by atoms with Crippen molar-refractivity contribution in [3.63, 3.8) is 0 Å². The Hall–Kier alpha value is -2.73. The van der Waals surface area contributed by atoms with Crippen molar-refractivity contribution in [1.29, 1.82) is 0 Å². The first-order valence-electron chi connectivity index (χ1n) is 9.17. The molecule has 1 aromatic heterocycles. The molecule has 30 heavy (non-hydrogen) atoms. The highest BCUT2D eigenvalue weighted by Crippen LogP contribution is 2.28. The normalized spacial score (nSPS) is 18.1. The van der Waals surface area contributed by atoms with Gasteiger partial charge in [0, 0.05) is 38.7 Å². The largest absolute Gasteiger partial charge is 0.391 e. The molecule has 1 fully saturated rings. The molecule has 2 atom stereocenters. The van der Waals surface area contributed by atoms with E-state index in [0.29, 0.717) is 12.8 Å². The van der Waals surface area contributed by atoms with Gasteiger partial charge in [-0.2, -0.15) is 27.1 Å². The van der Waals surface area contributed by atoms with Crippen molar-refractivity contribution >= 4 is 17.7 Å². The number of hydrogen-bond acceptors (Lipinski definition) is 4. The molecule has 3 amide bonds. The van der Waals surface area contributed by atoms with Gasteiger partial charge in [0.05, 0.1) is 24.2 Å². The van der Waals surface area contributed by atoms with Crippen LogP contribution in [0.3, 0.4) is 0 Å². The number of hydrogen-bond donors (Lipinski definition) is 3. The first kappa shape index (κ1) is 23.5. The molecule has 168 valence electrons. The van der Waals surface area contributed by atoms with Crippen LogP contribution in [0.15, 0.2) is 12.4 Å². The van der Waals surface area contributed by atoms with E-state index in [-0.39, 0.29) is 24.8 Å². The van der Waals surface area contributed by atoms with Crippen LogP contribution in [-0.2, 0) is 27.4 Å². The number of nitrogens with one attached hydrogen (secondary N) is 3. The van der Waals surface area contributed by atoms with Crippen LogP contribution in [0.2, 0.25) is 0 Å². The quantitative estimate of drug-likeness (QED) is 0.502. The number of aromatic nitrogens is 2. The van der Waals surface area contributed by atoms with Gasteiger partial charge in [0.25, 0.3) is 5.91 Å². The number of alkyl halides is 5. The lowest BCUT2D eigenvalue weighted by molar-refractivity contribution is -0.150. The lowest BCUT2D eigenvalue weighted by atomic mass is 10.1. The van der Waals surface area contributed by atoms with Crippen molar-refractivity contribution in [2.75, 3.05) is 6.54 Å². The minimum atomic E-state index is -4.69. The van der Waals surface area contributed by atoms with Crippen LogP contribution in [-0.4, -0.2) is 52.3 Å². The number of carbonyl (C=O) groups is 3. The van der Waals surface area contributed by atoms with Crippen molar-refractivity contribution in [3.8, 4) is 0 Å². The Bertz CT molecular complexity index is 780. The van der Waals surface area contributed by atoms with Gasteiger partial charge in [-0.05, 0) is 12.8 Å². The second-order valence-corrected chi connectivity index (χ2v) is 7.11. The minimum Gasteiger partial charge on any atom is -0.353 e. The standard InChI is InChI=1S/C17H22F5N5O3/c1-27-9-10(7-24-27)17(21,22)15(30)23-8-12(6-16(18,19)20)26-14(29)5-3-11-2-4-13(28)25-11/h7,9,11-12H,2-6,8H2,1H3,(H,23,30)(H,25,28)(H,26,29). The SMILES string of the molecule is Cn1cc(C(F)(F)C(=O)NCC(CC(F)(F)F)NC(=O)CCC2CCC(=O)N2)cn1. The van der Waals surface area contributed by atoms with Gasteiger partial charge in [-0.1, -0.05) is 0 Å². The maximum Gasteiger partial charge on any atom is 0.391 e. The Morgan fingerprint density at radius 2 is 2.03 bits per heavy atom. The van der Waals surface area contributed by atoms with Crippen LogP contribution >= 0.6 is 0 Å². The molecule has 0 aliphatic carbocycles. The topological polar surface area (TPSA) is 105 Å². The average Bonchev–Trinajstić information content (AvgIpc) is 3.24. The second kappa shape index (κ2) is 9.39. The summed E-state index contributed by atoms with van der Waals surface area (Å²) in [6.07, 6.45) is -3.57. The first-order chi connectivity index (χ1) is 13.9. The maximum atomic E-state index is 14.1. The Labute approximate surface area is 168 Å². The molecule has 3 N–H and O–H groups in total. The summed E-state index contributed by atoms with van der Waals surface area (Å²) in [5.74, 6) is -6.70. The second-order valence-electron chi connectivity index (χ2n) is 7.11. The summed E-state index contributed by atoms with van der Waals surface area (Å²) in [5, 5.41) is 10.0. The van der Waals surface area contributed by atoms with E-state index in [0.717, 1.165) is 17.1 Å². The van der Waals surface area contributed by atoms with E-state index in [9.17, 15) is 36.3 Å². The monoisotopic (exact) mass is 439 g/mol. The van der Waals surface area contributed by atoms with Crippen LogP contribution in [0, 0.1) is 0 Å². The number of halogens is 5. The Kier molecular flexibility index (Phi) is 7.37. The molecule has 0 radical (unpaired) electrons. The van der Waals surface area contributed by atoms with E-state index < -0.39 is 48.5 Å². The van der Waals surface area contributed by atoms with Gasteiger partial charge in [0.2, 0.25) is 11.8 Å². The summed E-state index contributed by atoms with van der Waals surface area (Å²) in [5.41, 5.74) is -0.711. The van der Waals surface area contributed by atoms with Gasteiger partial charge >= 0.3 is 12.1 Å². The van der Waals surface area contributed by atoms with Crippen LogP contribution in [0.1, 0.15) is 37.7 Å². The molecule has 2 heterocycles. The van der Waals surface area contributed by atoms with E-state index in [1.165, 1.54) is 7.05 Å². The molecule has 8 nitrogen and oxygen atoms in total. The lowest BCUT2D eigenvalue weighted by Gasteiger charge is -2.22. The Morgan fingerprint density at radius 1 is 1.33 bits per heavy atom. The van der Waals surface area contributed by atoms with Crippen molar-refractivity contribution in [3.05, 3.63) is 18.0 Å². The first-order valence-corrected chi connectivity index (χ1v) is 9.17. The summed E-state index contributed by atoms with van der Waals surface area (Å²) in [7, 11) is 1.36. The van der Waals surface area contributed by atoms with Gasteiger partial charge < -0.3 is 16.0 Å². The molecule has 1 aliphatic rings. The molecule has 1 aliphatic heterocycles. The smallest absolute Gasteiger partial charge is 0.353 e. The van der Waals surface area contributed by atoms with Gasteiger partial charge in [-0.25, -0.2) is 0 Å². The zero-order chi connectivity index (χ0) is 22.5. The predicted molar refractivity (Wildman–Crippen MR) is 93.1 cm³/mol. The van der Waals surface area contributed by atoms with Crippen LogP contribution in [0.4, 0.5) is 22.0 Å². The molecule has 2 rings (SSSR count). The highest BCUT2D eigenvalue weighted by atomic mass is 19.4. The third-order valence-corrected chi connectivity index (χ3v) is 4.51. The van der Waals surface area contributed by atoms with E-state index in [1.807, 2.05) is 0 Å². The number of aryl methyl sites for hydroxylation is 1. The van der Waals surface area contributed by atoms with Crippen LogP contribution in [0.5, 0.6) is 0 Å². The fourth-order valence-electron chi connectivity index (χ4n) is 2.99. The number of carbonyl (C=O) groups excluding carboxylic acids is 3. The molecular formula is C17H22F5N5O3. The highest BCUT2D eigenvalue weighted by molar-refractivity contribution is 5.84. The summed E-state index contributed by atoms with van der Waals surface area (Å²) in [4.78, 5) is 34.9. The van der Waals surface area contributed by atoms with Gasteiger partial charge in [0.1, 0.15) is 0 Å². The van der Waals surface area contributed by atoms with E-state index in [1.54, 1.807) is 5.32 Å². The van der Waals surface area contributed by atoms with Gasteiger partial charge in [-0.15, -0.1) is 0 Å². The Balaban J connectivity index is 1.91. The highest BCUT2D eigenvalue weighted by Gasteiger charge is 2.42. The molecule has 2 unspecified atom stereocenters. The van der Waals surface area contributed by atoms with Crippen molar-refractivity contribution < 1.29 is 36.3 Å². The Morgan fingerprint density at radius 3 is 2.57 bits per heavy atom. The number of nitrogens with zero attached hydrogens (tertiary/aromatic N) is 2. The third kappa shape index (κ3) is 6.95. The van der Waals surface area contributed by atoms with E-state index in [2.05, 4.69) is 15.7 Å². The van der Waals surface area contributed by atoms with Crippen LogP contribution in [0.25, 0.3) is 0 Å². The fourth-order valence-corrected chi connectivity index (χ4v) is 2.99. The molecular weight excluding hydrogens is 417 g/mol. The van der Waals surface area contributed by atoms with Gasteiger partial charge in [-0.3, -0.25) is 19.1 Å². The lowest BCUT2D eigenvalue weighted by Crippen LogP contribution is -2.48. The molecule has 0 spiro atoms. The summed E-state index contributed by atoms with van der Waals surface area (Å²) >= 11 is 0.